The summed E-state index contributed by atoms with van der Waals surface area (Å²) < 4.78 is 11.2. The van der Waals surface area contributed by atoms with Crippen molar-refractivity contribution in [3.05, 3.63) is 33.8 Å². The zero-order valence-corrected chi connectivity index (χ0v) is 13.8. The molecule has 1 aromatic rings. The van der Waals surface area contributed by atoms with Crippen molar-refractivity contribution in [2.75, 3.05) is 13.7 Å². The van der Waals surface area contributed by atoms with E-state index in [4.69, 9.17) is 32.7 Å². The molecule has 0 unspecified atom stereocenters. The molecule has 0 atom stereocenters. The first-order valence-corrected chi connectivity index (χ1v) is 7.27. The van der Waals surface area contributed by atoms with Gasteiger partial charge in [0.05, 0.1) is 7.11 Å². The molecular formula is C15H21Cl2NO2. The molecule has 0 amide bonds. The maximum atomic E-state index is 6.11. The van der Waals surface area contributed by atoms with E-state index in [1.54, 1.807) is 13.2 Å². The van der Waals surface area contributed by atoms with Gasteiger partial charge in [-0.2, -0.15) is 0 Å². The van der Waals surface area contributed by atoms with Crippen molar-refractivity contribution in [1.29, 1.82) is 0 Å². The molecule has 1 aromatic carbocycles. The summed E-state index contributed by atoms with van der Waals surface area (Å²) in [7, 11) is 1.60. The molecular weight excluding hydrogens is 297 g/mol. The molecule has 1 rings (SSSR count). The summed E-state index contributed by atoms with van der Waals surface area (Å²) in [4.78, 5) is 0. The van der Waals surface area contributed by atoms with Gasteiger partial charge in [0.1, 0.15) is 6.61 Å². The monoisotopic (exact) mass is 317 g/mol. The Morgan fingerprint density at radius 1 is 1.40 bits per heavy atom. The van der Waals surface area contributed by atoms with Gasteiger partial charge in [0.15, 0.2) is 11.5 Å². The third-order valence-electron chi connectivity index (χ3n) is 2.65. The number of nitrogens with one attached hydrogen (secondary N) is 1. The predicted octanol–water partition coefficient (Wildman–Crippen LogP) is 4.37. The highest BCUT2D eigenvalue weighted by Crippen LogP contribution is 2.35. The number of ether oxygens (including phenoxy) is 2. The van der Waals surface area contributed by atoms with Crippen molar-refractivity contribution >= 4 is 23.2 Å². The fourth-order valence-corrected chi connectivity index (χ4v) is 1.89. The number of rotatable bonds is 7. The van der Waals surface area contributed by atoms with Crippen molar-refractivity contribution in [1.82, 2.24) is 5.32 Å². The van der Waals surface area contributed by atoms with E-state index in [0.717, 1.165) is 11.1 Å². The highest BCUT2D eigenvalue weighted by atomic mass is 35.5. The topological polar surface area (TPSA) is 30.5 Å². The van der Waals surface area contributed by atoms with Crippen LogP contribution in [-0.4, -0.2) is 19.8 Å². The molecule has 0 fully saturated rings. The average Bonchev–Trinajstić information content (AvgIpc) is 2.42. The molecule has 0 aromatic heterocycles. The van der Waals surface area contributed by atoms with Gasteiger partial charge in [-0.3, -0.25) is 0 Å². The predicted molar refractivity (Wildman–Crippen MR) is 85.1 cm³/mol. The fraction of sp³-hybridized carbons (Fsp3) is 0.467. The standard InChI is InChI=1S/C15H21Cl2NO2/c1-10(2)18-8-12-5-13(17)6-14(19-4)15(12)20-9-11(3)7-16/h5-7,10,18H,8-9H2,1-4H3/b11-7+. The van der Waals surface area contributed by atoms with Gasteiger partial charge < -0.3 is 14.8 Å². The molecule has 0 bridgehead atoms. The van der Waals surface area contributed by atoms with E-state index in [9.17, 15) is 0 Å². The Morgan fingerprint density at radius 3 is 2.65 bits per heavy atom. The van der Waals surface area contributed by atoms with Gasteiger partial charge in [0, 0.05) is 34.8 Å². The van der Waals surface area contributed by atoms with Crippen LogP contribution in [0.4, 0.5) is 0 Å². The lowest BCUT2D eigenvalue weighted by Gasteiger charge is -2.17. The molecule has 3 nitrogen and oxygen atoms in total. The molecule has 0 aliphatic carbocycles. The second kappa shape index (κ2) is 8.40. The highest BCUT2D eigenvalue weighted by Gasteiger charge is 2.13. The van der Waals surface area contributed by atoms with Gasteiger partial charge in [-0.1, -0.05) is 37.0 Å². The maximum Gasteiger partial charge on any atom is 0.166 e. The second-order valence-corrected chi connectivity index (χ2v) is 5.53. The Labute approximate surface area is 130 Å². The number of benzene rings is 1. The van der Waals surface area contributed by atoms with E-state index in [1.165, 1.54) is 5.54 Å². The summed E-state index contributed by atoms with van der Waals surface area (Å²) in [5.74, 6) is 1.32. The van der Waals surface area contributed by atoms with Gasteiger partial charge in [0.25, 0.3) is 0 Å². The lowest BCUT2D eigenvalue weighted by atomic mass is 10.1. The van der Waals surface area contributed by atoms with Gasteiger partial charge in [-0.05, 0) is 18.6 Å². The average molecular weight is 318 g/mol. The van der Waals surface area contributed by atoms with Crippen molar-refractivity contribution in [3.63, 3.8) is 0 Å². The molecule has 20 heavy (non-hydrogen) atoms. The SMILES string of the molecule is COc1cc(Cl)cc(CNC(C)C)c1OC/C(C)=C/Cl. The lowest BCUT2D eigenvalue weighted by molar-refractivity contribution is 0.315. The Kier molecular flexibility index (Phi) is 7.20. The minimum absolute atomic E-state index is 0.373. The molecule has 0 saturated heterocycles. The summed E-state index contributed by atoms with van der Waals surface area (Å²) >= 11 is 11.8. The molecule has 1 N–H and O–H groups in total. The summed E-state index contributed by atoms with van der Waals surface area (Å²) in [5, 5.41) is 3.97. The van der Waals surface area contributed by atoms with Crippen molar-refractivity contribution < 1.29 is 9.47 Å². The van der Waals surface area contributed by atoms with Crippen LogP contribution in [0.15, 0.2) is 23.2 Å². The minimum atomic E-state index is 0.373. The number of hydrogen-bond acceptors (Lipinski definition) is 3. The van der Waals surface area contributed by atoms with E-state index < -0.39 is 0 Å². The maximum absolute atomic E-state index is 6.11. The molecule has 0 aliphatic heterocycles. The van der Waals surface area contributed by atoms with E-state index >= 15 is 0 Å². The fourth-order valence-electron chi connectivity index (χ4n) is 1.60. The van der Waals surface area contributed by atoms with Crippen LogP contribution in [0.2, 0.25) is 5.02 Å². The molecule has 0 radical (unpaired) electrons. The Balaban J connectivity index is 3.02. The first kappa shape index (κ1) is 17.2. The van der Waals surface area contributed by atoms with E-state index in [-0.39, 0.29) is 0 Å². The normalized spacial score (nSPS) is 11.8. The van der Waals surface area contributed by atoms with Gasteiger partial charge in [-0.25, -0.2) is 0 Å². The number of hydrogen-bond donors (Lipinski definition) is 1. The highest BCUT2D eigenvalue weighted by molar-refractivity contribution is 6.30. The molecule has 0 aliphatic rings. The van der Waals surface area contributed by atoms with Crippen LogP contribution in [0.3, 0.4) is 0 Å². The molecule has 112 valence electrons. The summed E-state index contributed by atoms with van der Waals surface area (Å²) in [6.45, 7) is 7.15. The Morgan fingerprint density at radius 2 is 2.10 bits per heavy atom. The van der Waals surface area contributed by atoms with E-state index in [2.05, 4.69) is 19.2 Å². The van der Waals surface area contributed by atoms with Gasteiger partial charge in [-0.15, -0.1) is 0 Å². The smallest absolute Gasteiger partial charge is 0.166 e. The zero-order valence-electron chi connectivity index (χ0n) is 12.3. The van der Waals surface area contributed by atoms with Crippen LogP contribution >= 0.6 is 23.2 Å². The van der Waals surface area contributed by atoms with Crippen molar-refractivity contribution in [3.8, 4) is 11.5 Å². The lowest BCUT2D eigenvalue weighted by Crippen LogP contribution is -2.22. The third-order valence-corrected chi connectivity index (χ3v) is 3.24. The Bertz CT molecular complexity index is 473. The first-order chi connectivity index (χ1) is 9.47. The quantitative estimate of drug-likeness (QED) is 0.810. The van der Waals surface area contributed by atoms with Crippen LogP contribution in [-0.2, 0) is 6.54 Å². The number of methoxy groups -OCH3 is 1. The summed E-state index contributed by atoms with van der Waals surface area (Å²) in [6, 6.07) is 4.00. The van der Waals surface area contributed by atoms with Crippen LogP contribution in [0.25, 0.3) is 0 Å². The minimum Gasteiger partial charge on any atom is -0.493 e. The van der Waals surface area contributed by atoms with Crippen LogP contribution in [0.1, 0.15) is 26.3 Å². The summed E-state index contributed by atoms with van der Waals surface area (Å²) in [5.41, 5.74) is 3.41. The molecule has 0 saturated carbocycles. The molecule has 0 spiro atoms. The van der Waals surface area contributed by atoms with Crippen molar-refractivity contribution in [2.24, 2.45) is 0 Å². The van der Waals surface area contributed by atoms with E-state index in [1.807, 2.05) is 13.0 Å². The van der Waals surface area contributed by atoms with Gasteiger partial charge in [0.2, 0.25) is 0 Å². The third kappa shape index (κ3) is 5.23. The Hall–Kier alpha value is -0.900. The molecule has 0 heterocycles. The van der Waals surface area contributed by atoms with Crippen LogP contribution in [0, 0.1) is 0 Å². The van der Waals surface area contributed by atoms with E-state index in [0.29, 0.717) is 35.7 Å². The first-order valence-electron chi connectivity index (χ1n) is 6.46. The summed E-state index contributed by atoms with van der Waals surface area (Å²) in [6.07, 6.45) is 0. The van der Waals surface area contributed by atoms with Crippen molar-refractivity contribution in [2.45, 2.75) is 33.4 Å². The zero-order chi connectivity index (χ0) is 15.1. The molecule has 5 heteroatoms. The largest absolute Gasteiger partial charge is 0.493 e. The van der Waals surface area contributed by atoms with Crippen LogP contribution < -0.4 is 14.8 Å². The number of halogens is 2. The van der Waals surface area contributed by atoms with Gasteiger partial charge >= 0.3 is 0 Å². The van der Waals surface area contributed by atoms with Crippen LogP contribution in [0.5, 0.6) is 11.5 Å². The second-order valence-electron chi connectivity index (χ2n) is 4.88.